The van der Waals surface area contributed by atoms with Crippen molar-refractivity contribution in [3.63, 3.8) is 0 Å². The summed E-state index contributed by atoms with van der Waals surface area (Å²) in [6.07, 6.45) is 0. The first-order valence-corrected chi connectivity index (χ1v) is 8.59. The van der Waals surface area contributed by atoms with E-state index < -0.39 is 20.7 Å². The summed E-state index contributed by atoms with van der Waals surface area (Å²) in [5, 5.41) is 3.26. The number of benzene rings is 2. The van der Waals surface area contributed by atoms with Crippen LogP contribution in [0.5, 0.6) is 0 Å². The van der Waals surface area contributed by atoms with Gasteiger partial charge in [-0.2, -0.15) is 5.10 Å². The fourth-order valence-electron chi connectivity index (χ4n) is 1.68. The predicted molar refractivity (Wildman–Crippen MR) is 89.5 cm³/mol. The first-order chi connectivity index (χ1) is 10.4. The third-order valence-corrected chi connectivity index (χ3v) is 5.05. The molecular weight excluding hydrogens is 368 g/mol. The van der Waals surface area contributed by atoms with Crippen molar-refractivity contribution in [2.75, 3.05) is 5.43 Å². The molecule has 0 aliphatic carbocycles. The molecule has 0 fully saturated rings. The van der Waals surface area contributed by atoms with Crippen molar-refractivity contribution in [1.82, 2.24) is 0 Å². The number of hydrogen-bond acceptors (Lipinski definition) is 5. The van der Waals surface area contributed by atoms with Crippen LogP contribution in [0.1, 0.15) is 6.92 Å². The van der Waals surface area contributed by atoms with E-state index in [9.17, 15) is 13.2 Å². The zero-order valence-electron chi connectivity index (χ0n) is 11.7. The Morgan fingerprint density at radius 3 is 2.18 bits per heavy atom. The molecule has 0 saturated carbocycles. The monoisotopic (exact) mass is 380 g/mol. The van der Waals surface area contributed by atoms with Gasteiger partial charge in [-0.1, -0.05) is 34.1 Å². The Morgan fingerprint density at radius 1 is 1.05 bits per heavy atom. The molecule has 22 heavy (non-hydrogen) atoms. The van der Waals surface area contributed by atoms with Gasteiger partial charge in [0.1, 0.15) is 0 Å². The summed E-state index contributed by atoms with van der Waals surface area (Å²) >= 11 is 3.30. The average Bonchev–Trinajstić information content (AvgIpc) is 2.50. The van der Waals surface area contributed by atoms with Gasteiger partial charge in [-0.05, 0) is 36.4 Å². The minimum Gasteiger partial charge on any atom is -0.292 e. The van der Waals surface area contributed by atoms with Gasteiger partial charge in [0.05, 0.1) is 10.6 Å². The van der Waals surface area contributed by atoms with E-state index in [1.54, 1.807) is 42.5 Å². The Bertz CT molecular complexity index is 800. The van der Waals surface area contributed by atoms with Crippen molar-refractivity contribution < 1.29 is 13.2 Å². The molecule has 5 nitrogen and oxygen atoms in total. The van der Waals surface area contributed by atoms with Gasteiger partial charge in [-0.15, -0.1) is 0 Å². The highest BCUT2D eigenvalue weighted by Crippen LogP contribution is 2.16. The number of rotatable bonds is 4. The quantitative estimate of drug-likeness (QED) is 0.501. The molecule has 0 heterocycles. The highest BCUT2D eigenvalue weighted by molar-refractivity contribution is 9.10. The Balaban J connectivity index is 2.36. The number of nitrogens with one attached hydrogen (secondary N) is 1. The van der Waals surface area contributed by atoms with E-state index >= 15 is 0 Å². The lowest BCUT2D eigenvalue weighted by molar-refractivity contribution is -0.110. The van der Waals surface area contributed by atoms with Crippen LogP contribution in [0.15, 0.2) is 69.1 Å². The van der Waals surface area contributed by atoms with Crippen LogP contribution in [0.3, 0.4) is 0 Å². The van der Waals surface area contributed by atoms with Gasteiger partial charge in [0, 0.05) is 11.4 Å². The molecule has 0 bridgehead atoms. The van der Waals surface area contributed by atoms with Crippen molar-refractivity contribution in [2.45, 2.75) is 11.8 Å². The molecule has 114 valence electrons. The molecule has 1 N–H and O–H groups in total. The van der Waals surface area contributed by atoms with Gasteiger partial charge in [-0.25, -0.2) is 8.42 Å². The normalized spacial score (nSPS) is 12.0. The summed E-state index contributed by atoms with van der Waals surface area (Å²) in [5.41, 5.74) is 3.17. The highest BCUT2D eigenvalue weighted by Gasteiger charge is 2.26. The minimum atomic E-state index is -3.95. The third kappa shape index (κ3) is 3.80. The minimum absolute atomic E-state index is 0.0292. The topological polar surface area (TPSA) is 75.6 Å². The number of nitrogens with zero attached hydrogens (tertiary/aromatic N) is 1. The fraction of sp³-hybridized carbons (Fsp3) is 0.0667. The van der Waals surface area contributed by atoms with Crippen LogP contribution in [0.2, 0.25) is 0 Å². The second-order valence-electron chi connectivity index (χ2n) is 4.41. The lowest BCUT2D eigenvalue weighted by Crippen LogP contribution is -2.23. The highest BCUT2D eigenvalue weighted by atomic mass is 79.9. The summed E-state index contributed by atoms with van der Waals surface area (Å²) in [6.45, 7) is 1.17. The largest absolute Gasteiger partial charge is 0.292 e. The lowest BCUT2D eigenvalue weighted by atomic mass is 10.3. The molecule has 0 aliphatic rings. The van der Waals surface area contributed by atoms with Crippen LogP contribution in [0.25, 0.3) is 0 Å². The van der Waals surface area contributed by atoms with Crippen LogP contribution >= 0.6 is 15.9 Å². The van der Waals surface area contributed by atoms with Crippen molar-refractivity contribution in [3.8, 4) is 0 Å². The van der Waals surface area contributed by atoms with Gasteiger partial charge in [0.15, 0.2) is 5.78 Å². The van der Waals surface area contributed by atoms with Crippen LogP contribution in [0.4, 0.5) is 5.69 Å². The van der Waals surface area contributed by atoms with E-state index in [0.29, 0.717) is 5.69 Å². The van der Waals surface area contributed by atoms with E-state index in [-0.39, 0.29) is 4.90 Å². The molecule has 2 rings (SSSR count). The van der Waals surface area contributed by atoms with Crippen LogP contribution in [-0.4, -0.2) is 19.2 Å². The molecule has 2 aromatic carbocycles. The summed E-state index contributed by atoms with van der Waals surface area (Å²) in [5.74, 6) is -0.631. The zero-order chi connectivity index (χ0) is 16.2. The van der Waals surface area contributed by atoms with Gasteiger partial charge >= 0.3 is 0 Å². The summed E-state index contributed by atoms with van der Waals surface area (Å²) in [6, 6.07) is 14.7. The van der Waals surface area contributed by atoms with E-state index in [1.807, 2.05) is 0 Å². The molecule has 0 atom stereocenters. The van der Waals surface area contributed by atoms with Crippen LogP contribution in [0, 0.1) is 0 Å². The second kappa shape index (κ2) is 6.85. The second-order valence-corrected chi connectivity index (χ2v) is 7.19. The Morgan fingerprint density at radius 2 is 1.64 bits per heavy atom. The van der Waals surface area contributed by atoms with Gasteiger partial charge in [-0.3, -0.25) is 10.2 Å². The molecule has 0 aliphatic heterocycles. The van der Waals surface area contributed by atoms with E-state index in [2.05, 4.69) is 26.5 Å². The van der Waals surface area contributed by atoms with Crippen LogP contribution < -0.4 is 5.43 Å². The number of halogens is 1. The number of Topliss-reactive ketones (excluding diaryl/α,β-unsaturated/α-hetero) is 1. The number of hydrazone groups is 1. The van der Waals surface area contributed by atoms with Crippen LogP contribution in [-0.2, 0) is 14.6 Å². The van der Waals surface area contributed by atoms with Crippen molar-refractivity contribution in [1.29, 1.82) is 0 Å². The van der Waals surface area contributed by atoms with Crippen molar-refractivity contribution in [3.05, 3.63) is 59.1 Å². The number of anilines is 1. The molecule has 0 spiro atoms. The third-order valence-electron chi connectivity index (χ3n) is 2.74. The fourth-order valence-corrected chi connectivity index (χ4v) is 3.23. The Hall–Kier alpha value is -1.99. The maximum absolute atomic E-state index is 12.5. The number of carbonyl (C=O) groups excluding carboxylic acids is 1. The molecule has 0 amide bonds. The maximum atomic E-state index is 12.5. The molecular formula is C15H13BrN2O3S. The van der Waals surface area contributed by atoms with Gasteiger partial charge in [0.2, 0.25) is 14.9 Å². The maximum Gasteiger partial charge on any atom is 0.229 e. The number of hydrogen-bond donors (Lipinski definition) is 1. The lowest BCUT2D eigenvalue weighted by Gasteiger charge is -2.06. The average molecular weight is 381 g/mol. The number of sulfone groups is 1. The summed E-state index contributed by atoms with van der Waals surface area (Å²) in [4.78, 5) is 11.7. The Kier molecular flexibility index (Phi) is 5.10. The first kappa shape index (κ1) is 16.4. The van der Waals surface area contributed by atoms with E-state index in [1.165, 1.54) is 19.1 Å². The van der Waals surface area contributed by atoms with Gasteiger partial charge in [0.25, 0.3) is 0 Å². The standard InChI is InChI=1S/C15H13BrN2O3S/c1-11(19)15(18-17-13-9-7-12(16)8-10-13)22(20,21)14-5-3-2-4-6-14/h2-10,17H,1H3/b18-15-. The number of ketones is 1. The van der Waals surface area contributed by atoms with Crippen molar-refractivity contribution in [2.24, 2.45) is 5.10 Å². The first-order valence-electron chi connectivity index (χ1n) is 6.31. The predicted octanol–water partition coefficient (Wildman–Crippen LogP) is 3.24. The van der Waals surface area contributed by atoms with E-state index in [4.69, 9.17) is 0 Å². The molecule has 7 heteroatoms. The SMILES string of the molecule is CC(=O)/C(=N/Nc1ccc(Br)cc1)S(=O)(=O)c1ccccc1. The summed E-state index contributed by atoms with van der Waals surface area (Å²) < 4.78 is 25.8. The zero-order valence-corrected chi connectivity index (χ0v) is 14.1. The smallest absolute Gasteiger partial charge is 0.229 e. The molecule has 2 aromatic rings. The Labute approximate surface area is 137 Å². The molecule has 0 saturated heterocycles. The molecule has 0 unspecified atom stereocenters. The molecule has 0 aromatic heterocycles. The number of carbonyl (C=O) groups is 1. The van der Waals surface area contributed by atoms with Crippen molar-refractivity contribution >= 4 is 42.3 Å². The molecule has 0 radical (unpaired) electrons. The van der Waals surface area contributed by atoms with Gasteiger partial charge < -0.3 is 0 Å². The van der Waals surface area contributed by atoms with E-state index in [0.717, 1.165) is 4.47 Å². The summed E-state index contributed by atoms with van der Waals surface area (Å²) in [7, 11) is -3.95.